The molecule has 4 aromatic rings. The van der Waals surface area contributed by atoms with Crippen molar-refractivity contribution in [2.75, 3.05) is 19.5 Å². The van der Waals surface area contributed by atoms with E-state index < -0.39 is 0 Å². The minimum atomic E-state index is -0.364. The highest BCUT2D eigenvalue weighted by atomic mass is 16.5. The molecule has 0 saturated heterocycles. The lowest BCUT2D eigenvalue weighted by molar-refractivity contribution is -0.116. The van der Waals surface area contributed by atoms with Gasteiger partial charge in [-0.2, -0.15) is 0 Å². The first-order chi connectivity index (χ1) is 14.6. The van der Waals surface area contributed by atoms with Crippen LogP contribution >= 0.6 is 0 Å². The molecule has 0 unspecified atom stereocenters. The number of hydrogen-bond donors (Lipinski definition) is 1. The number of anilines is 1. The van der Waals surface area contributed by atoms with Crippen molar-refractivity contribution in [2.24, 2.45) is 0 Å². The first-order valence-electron chi connectivity index (χ1n) is 9.26. The van der Waals surface area contributed by atoms with Gasteiger partial charge in [0.15, 0.2) is 5.65 Å². The topological polar surface area (TPSA) is 87.4 Å². The molecule has 0 aliphatic carbocycles. The van der Waals surface area contributed by atoms with Gasteiger partial charge in [0.2, 0.25) is 5.91 Å². The summed E-state index contributed by atoms with van der Waals surface area (Å²) in [6.07, 6.45) is 1.62. The van der Waals surface area contributed by atoms with Crippen LogP contribution in [0.4, 0.5) is 5.69 Å². The second-order valence-corrected chi connectivity index (χ2v) is 6.50. The molecule has 2 heterocycles. The summed E-state index contributed by atoms with van der Waals surface area (Å²) in [5.74, 6) is 0.707. The Bertz CT molecular complexity index is 1260. The maximum absolute atomic E-state index is 13.1. The van der Waals surface area contributed by atoms with Gasteiger partial charge < -0.3 is 14.8 Å². The van der Waals surface area contributed by atoms with Gasteiger partial charge in [-0.15, -0.1) is 0 Å². The lowest BCUT2D eigenvalue weighted by Crippen LogP contribution is -2.29. The zero-order valence-electron chi connectivity index (χ0n) is 16.5. The second-order valence-electron chi connectivity index (χ2n) is 6.50. The monoisotopic (exact) mass is 404 g/mol. The first-order valence-corrected chi connectivity index (χ1v) is 9.26. The normalized spacial score (nSPS) is 10.7. The van der Waals surface area contributed by atoms with Crippen LogP contribution in [0.15, 0.2) is 71.7 Å². The summed E-state index contributed by atoms with van der Waals surface area (Å²) in [5, 5.41) is 2.79. The smallest absolute Gasteiger partial charge is 0.335 e. The van der Waals surface area contributed by atoms with E-state index >= 15 is 0 Å². The molecule has 0 bridgehead atoms. The quantitative estimate of drug-likeness (QED) is 0.534. The SMILES string of the molecule is COc1ccc(NC(=O)Cn2c(=O)n(-c3ccccc3)c3ncccc32)c(OC)c1. The molecule has 0 spiro atoms. The molecule has 0 atom stereocenters. The van der Waals surface area contributed by atoms with Crippen LogP contribution in [0.2, 0.25) is 0 Å². The zero-order valence-corrected chi connectivity index (χ0v) is 16.5. The Balaban J connectivity index is 1.69. The minimum Gasteiger partial charge on any atom is -0.497 e. The molecule has 8 heteroatoms. The molecule has 1 amide bonds. The maximum Gasteiger partial charge on any atom is 0.335 e. The van der Waals surface area contributed by atoms with Crippen LogP contribution < -0.4 is 20.5 Å². The van der Waals surface area contributed by atoms with Gasteiger partial charge in [0.25, 0.3) is 0 Å². The lowest BCUT2D eigenvalue weighted by atomic mass is 10.2. The van der Waals surface area contributed by atoms with E-state index in [1.165, 1.54) is 16.2 Å². The van der Waals surface area contributed by atoms with E-state index in [0.717, 1.165) is 0 Å². The van der Waals surface area contributed by atoms with E-state index in [4.69, 9.17) is 9.47 Å². The maximum atomic E-state index is 13.1. The molecule has 0 aliphatic rings. The molecule has 30 heavy (non-hydrogen) atoms. The third kappa shape index (κ3) is 3.50. The van der Waals surface area contributed by atoms with Gasteiger partial charge >= 0.3 is 5.69 Å². The van der Waals surface area contributed by atoms with Crippen molar-refractivity contribution in [3.63, 3.8) is 0 Å². The highest BCUT2D eigenvalue weighted by Gasteiger charge is 2.18. The molecule has 4 rings (SSSR count). The van der Waals surface area contributed by atoms with Gasteiger partial charge in [0, 0.05) is 12.3 Å². The van der Waals surface area contributed by atoms with Crippen molar-refractivity contribution in [2.45, 2.75) is 6.54 Å². The van der Waals surface area contributed by atoms with Crippen molar-refractivity contribution >= 4 is 22.8 Å². The molecular weight excluding hydrogens is 384 g/mol. The zero-order chi connectivity index (χ0) is 21.1. The number of nitrogens with zero attached hydrogens (tertiary/aromatic N) is 3. The average molecular weight is 404 g/mol. The number of aromatic nitrogens is 3. The minimum absolute atomic E-state index is 0.171. The Labute approximate surface area is 172 Å². The highest BCUT2D eigenvalue weighted by Crippen LogP contribution is 2.29. The van der Waals surface area contributed by atoms with Gasteiger partial charge in [-0.3, -0.25) is 9.36 Å². The van der Waals surface area contributed by atoms with Crippen molar-refractivity contribution < 1.29 is 14.3 Å². The molecule has 0 fully saturated rings. The Morgan fingerprint density at radius 1 is 1.03 bits per heavy atom. The summed E-state index contributed by atoms with van der Waals surface area (Å²) >= 11 is 0. The number of fused-ring (bicyclic) bond motifs is 1. The van der Waals surface area contributed by atoms with Gasteiger partial charge in [-0.25, -0.2) is 14.3 Å². The molecule has 0 saturated carbocycles. The summed E-state index contributed by atoms with van der Waals surface area (Å²) in [5.41, 5.74) is 1.89. The molecule has 1 N–H and O–H groups in total. The fourth-order valence-corrected chi connectivity index (χ4v) is 3.28. The average Bonchev–Trinajstić information content (AvgIpc) is 3.06. The van der Waals surface area contributed by atoms with Crippen LogP contribution in [-0.4, -0.2) is 34.2 Å². The number of ether oxygens (including phenoxy) is 2. The van der Waals surface area contributed by atoms with Gasteiger partial charge in [-0.05, 0) is 36.4 Å². The van der Waals surface area contributed by atoms with Crippen LogP contribution in [-0.2, 0) is 11.3 Å². The lowest BCUT2D eigenvalue weighted by Gasteiger charge is -2.12. The second kappa shape index (κ2) is 8.12. The molecular formula is C22H20N4O4. The molecule has 2 aromatic heterocycles. The predicted molar refractivity (Wildman–Crippen MR) is 114 cm³/mol. The number of pyridine rings is 1. The van der Waals surface area contributed by atoms with Gasteiger partial charge in [0.05, 0.1) is 31.1 Å². The van der Waals surface area contributed by atoms with Crippen molar-refractivity contribution in [1.29, 1.82) is 0 Å². The molecule has 8 nitrogen and oxygen atoms in total. The number of amides is 1. The third-order valence-corrected chi connectivity index (χ3v) is 4.69. The standard InChI is InChI=1S/C22H20N4O4/c1-29-16-10-11-17(19(13-16)30-2)24-20(27)14-25-18-9-6-12-23-21(18)26(22(25)28)15-7-4-3-5-8-15/h3-13H,14H2,1-2H3,(H,24,27). The largest absolute Gasteiger partial charge is 0.497 e. The number of para-hydroxylation sites is 1. The molecule has 0 radical (unpaired) electrons. The number of carbonyl (C=O) groups is 1. The molecule has 152 valence electrons. The fraction of sp³-hybridized carbons (Fsp3) is 0.136. The van der Waals surface area contributed by atoms with E-state index in [-0.39, 0.29) is 18.1 Å². The van der Waals surface area contributed by atoms with E-state index in [2.05, 4.69) is 10.3 Å². The Morgan fingerprint density at radius 2 is 1.83 bits per heavy atom. The summed E-state index contributed by atoms with van der Waals surface area (Å²) in [6.45, 7) is -0.171. The van der Waals surface area contributed by atoms with Crippen LogP contribution in [0.3, 0.4) is 0 Å². The Hall–Kier alpha value is -4.07. The van der Waals surface area contributed by atoms with E-state index in [1.54, 1.807) is 43.6 Å². The van der Waals surface area contributed by atoms with Crippen LogP contribution in [0.1, 0.15) is 0 Å². The molecule has 2 aromatic carbocycles. The van der Waals surface area contributed by atoms with E-state index in [1.807, 2.05) is 30.3 Å². The fourth-order valence-electron chi connectivity index (χ4n) is 3.28. The number of methoxy groups -OCH3 is 2. The summed E-state index contributed by atoms with van der Waals surface area (Å²) in [4.78, 5) is 30.3. The number of benzene rings is 2. The summed E-state index contributed by atoms with van der Waals surface area (Å²) < 4.78 is 13.4. The number of hydrogen-bond acceptors (Lipinski definition) is 5. The van der Waals surface area contributed by atoms with Crippen LogP contribution in [0.25, 0.3) is 16.9 Å². The van der Waals surface area contributed by atoms with Crippen molar-refractivity contribution in [3.8, 4) is 17.2 Å². The van der Waals surface area contributed by atoms with Gasteiger partial charge in [0.1, 0.15) is 18.0 Å². The van der Waals surface area contributed by atoms with Crippen LogP contribution in [0.5, 0.6) is 11.5 Å². The number of nitrogens with one attached hydrogen (secondary N) is 1. The number of imidazole rings is 1. The van der Waals surface area contributed by atoms with Crippen molar-refractivity contribution in [1.82, 2.24) is 14.1 Å². The highest BCUT2D eigenvalue weighted by molar-refractivity contribution is 5.93. The Kier molecular flexibility index (Phi) is 5.21. The van der Waals surface area contributed by atoms with Crippen molar-refractivity contribution in [3.05, 3.63) is 77.3 Å². The van der Waals surface area contributed by atoms with Gasteiger partial charge in [-0.1, -0.05) is 18.2 Å². The summed E-state index contributed by atoms with van der Waals surface area (Å²) in [7, 11) is 3.06. The first kappa shape index (κ1) is 19.3. The number of rotatable bonds is 6. The van der Waals surface area contributed by atoms with E-state index in [0.29, 0.717) is 34.0 Å². The molecule has 0 aliphatic heterocycles. The summed E-state index contributed by atoms with van der Waals surface area (Å²) in [6, 6.07) is 17.8. The number of carbonyl (C=O) groups excluding carboxylic acids is 1. The van der Waals surface area contributed by atoms with Crippen LogP contribution in [0, 0.1) is 0 Å². The predicted octanol–water partition coefficient (Wildman–Crippen LogP) is 2.84. The Morgan fingerprint density at radius 3 is 2.57 bits per heavy atom. The van der Waals surface area contributed by atoms with E-state index in [9.17, 15) is 9.59 Å². The third-order valence-electron chi connectivity index (χ3n) is 4.69.